The summed E-state index contributed by atoms with van der Waals surface area (Å²) in [5.74, 6) is 2.31. The first-order valence-electron chi connectivity index (χ1n) is 9.93. The Hall–Kier alpha value is -2.36. The molecule has 10 heteroatoms. The molecule has 0 aromatic heterocycles. The van der Waals surface area contributed by atoms with Crippen LogP contribution in [-0.4, -0.2) is 77.1 Å². The summed E-state index contributed by atoms with van der Waals surface area (Å²) < 4.78 is 53.9. The number of methoxy groups -OCH3 is 3. The first kappa shape index (κ1) is 23.9. The quantitative estimate of drug-likeness (QED) is 0.462. The second kappa shape index (κ2) is 11.1. The number of benzene rings is 1. The Kier molecular flexibility index (Phi) is 8.88. The van der Waals surface area contributed by atoms with Crippen molar-refractivity contribution >= 4 is 5.96 Å². The Morgan fingerprint density at radius 1 is 1.17 bits per heavy atom. The van der Waals surface area contributed by atoms with Crippen molar-refractivity contribution in [2.24, 2.45) is 4.99 Å². The van der Waals surface area contributed by atoms with E-state index in [4.69, 9.17) is 14.2 Å². The van der Waals surface area contributed by atoms with Gasteiger partial charge >= 0.3 is 6.18 Å². The van der Waals surface area contributed by atoms with E-state index in [0.717, 1.165) is 5.56 Å². The van der Waals surface area contributed by atoms with Crippen LogP contribution in [0.3, 0.4) is 0 Å². The molecular formula is C20H31F3N4O3. The maximum atomic E-state index is 12.6. The van der Waals surface area contributed by atoms with Crippen molar-refractivity contribution in [3.8, 4) is 17.2 Å². The van der Waals surface area contributed by atoms with Gasteiger partial charge in [-0.3, -0.25) is 9.89 Å². The molecule has 1 fully saturated rings. The molecule has 1 heterocycles. The Bertz CT molecular complexity index is 713. The molecule has 0 amide bonds. The third-order valence-corrected chi connectivity index (χ3v) is 4.80. The predicted octanol–water partition coefficient (Wildman–Crippen LogP) is 2.45. The molecule has 1 aromatic carbocycles. The fourth-order valence-corrected chi connectivity index (χ4v) is 3.51. The van der Waals surface area contributed by atoms with Crippen molar-refractivity contribution in [1.29, 1.82) is 0 Å². The van der Waals surface area contributed by atoms with E-state index in [0.29, 0.717) is 62.2 Å². The summed E-state index contributed by atoms with van der Waals surface area (Å²) in [6, 6.07) is 3.65. The van der Waals surface area contributed by atoms with E-state index >= 15 is 0 Å². The topological polar surface area (TPSA) is 67.4 Å². The average Bonchev–Trinajstić information content (AvgIpc) is 3.12. The molecule has 170 valence electrons. The second-order valence-corrected chi connectivity index (χ2v) is 6.98. The molecule has 1 unspecified atom stereocenters. The molecule has 0 saturated carbocycles. The van der Waals surface area contributed by atoms with Crippen LogP contribution in [0, 0.1) is 0 Å². The van der Waals surface area contributed by atoms with Gasteiger partial charge in [-0.15, -0.1) is 0 Å². The van der Waals surface area contributed by atoms with Crippen LogP contribution in [0.15, 0.2) is 17.1 Å². The fraction of sp³-hybridized carbons (Fsp3) is 0.650. The highest BCUT2D eigenvalue weighted by Crippen LogP contribution is 2.39. The van der Waals surface area contributed by atoms with Crippen LogP contribution >= 0.6 is 0 Å². The third-order valence-electron chi connectivity index (χ3n) is 4.80. The summed E-state index contributed by atoms with van der Waals surface area (Å²) in [5.41, 5.74) is 0.923. The van der Waals surface area contributed by atoms with Gasteiger partial charge in [0.1, 0.15) is 0 Å². The van der Waals surface area contributed by atoms with E-state index in [2.05, 4.69) is 15.6 Å². The van der Waals surface area contributed by atoms with Gasteiger partial charge in [0.25, 0.3) is 0 Å². The van der Waals surface area contributed by atoms with Crippen LogP contribution in [-0.2, 0) is 6.42 Å². The molecule has 1 atom stereocenters. The summed E-state index contributed by atoms with van der Waals surface area (Å²) in [5, 5.41) is 6.39. The zero-order valence-corrected chi connectivity index (χ0v) is 17.9. The lowest BCUT2D eigenvalue weighted by atomic mass is 10.1. The predicted molar refractivity (Wildman–Crippen MR) is 110 cm³/mol. The normalized spacial score (nSPS) is 17.7. The monoisotopic (exact) mass is 432 g/mol. The van der Waals surface area contributed by atoms with Gasteiger partial charge in [0.05, 0.1) is 27.9 Å². The molecule has 0 bridgehead atoms. The number of guanidine groups is 1. The van der Waals surface area contributed by atoms with E-state index in [9.17, 15) is 13.2 Å². The summed E-state index contributed by atoms with van der Waals surface area (Å²) in [7, 11) is 4.69. The van der Waals surface area contributed by atoms with Crippen LogP contribution in [0.2, 0.25) is 0 Å². The largest absolute Gasteiger partial charge is 0.493 e. The van der Waals surface area contributed by atoms with Crippen molar-refractivity contribution in [3.05, 3.63) is 17.7 Å². The number of rotatable bonds is 9. The van der Waals surface area contributed by atoms with Crippen LogP contribution in [0.4, 0.5) is 13.2 Å². The van der Waals surface area contributed by atoms with Gasteiger partial charge in [0.2, 0.25) is 5.75 Å². The highest BCUT2D eigenvalue weighted by Gasteiger charge is 2.34. The smallest absolute Gasteiger partial charge is 0.401 e. The molecule has 1 aromatic rings. The number of aliphatic imine (C=N–C) groups is 1. The maximum absolute atomic E-state index is 12.6. The maximum Gasteiger partial charge on any atom is 0.401 e. The zero-order chi connectivity index (χ0) is 22.1. The molecule has 2 N–H and O–H groups in total. The summed E-state index contributed by atoms with van der Waals surface area (Å²) >= 11 is 0. The van der Waals surface area contributed by atoms with E-state index < -0.39 is 12.7 Å². The molecule has 2 rings (SSSR count). The number of ether oxygens (including phenoxy) is 3. The Labute approximate surface area is 175 Å². The van der Waals surface area contributed by atoms with Gasteiger partial charge in [-0.05, 0) is 25.8 Å². The molecule has 7 nitrogen and oxygen atoms in total. The van der Waals surface area contributed by atoms with Crippen molar-refractivity contribution in [2.45, 2.75) is 32.0 Å². The molecule has 1 saturated heterocycles. The van der Waals surface area contributed by atoms with Gasteiger partial charge in [-0.1, -0.05) is 6.07 Å². The van der Waals surface area contributed by atoms with Gasteiger partial charge in [0.15, 0.2) is 17.5 Å². The molecule has 30 heavy (non-hydrogen) atoms. The van der Waals surface area contributed by atoms with Crippen molar-refractivity contribution in [2.75, 3.05) is 54.1 Å². The lowest BCUT2D eigenvalue weighted by Gasteiger charge is -2.20. The van der Waals surface area contributed by atoms with Crippen LogP contribution in [0.5, 0.6) is 17.2 Å². The van der Waals surface area contributed by atoms with E-state index in [1.807, 2.05) is 19.1 Å². The average molecular weight is 432 g/mol. The van der Waals surface area contributed by atoms with Crippen molar-refractivity contribution in [1.82, 2.24) is 15.5 Å². The van der Waals surface area contributed by atoms with Crippen LogP contribution in [0.25, 0.3) is 0 Å². The number of nitrogens with one attached hydrogen (secondary N) is 2. The number of halogens is 3. The number of hydrogen-bond acceptors (Lipinski definition) is 5. The SMILES string of the molecule is CCNC(=NCCc1ccc(OC)c(OC)c1OC)NC1CCN(CC(F)(F)F)C1. The van der Waals surface area contributed by atoms with E-state index in [1.165, 1.54) is 4.90 Å². The highest BCUT2D eigenvalue weighted by molar-refractivity contribution is 5.80. The molecule has 1 aliphatic rings. The Morgan fingerprint density at radius 3 is 2.50 bits per heavy atom. The summed E-state index contributed by atoms with van der Waals surface area (Å²) in [4.78, 5) is 5.98. The van der Waals surface area contributed by atoms with Gasteiger partial charge in [0, 0.05) is 37.8 Å². The van der Waals surface area contributed by atoms with Crippen molar-refractivity contribution < 1.29 is 27.4 Å². The number of hydrogen-bond donors (Lipinski definition) is 2. The molecular weight excluding hydrogens is 401 g/mol. The molecule has 0 spiro atoms. The van der Waals surface area contributed by atoms with Crippen LogP contribution < -0.4 is 24.8 Å². The van der Waals surface area contributed by atoms with Crippen LogP contribution in [0.1, 0.15) is 18.9 Å². The number of likely N-dealkylation sites (tertiary alicyclic amines) is 1. The summed E-state index contributed by atoms with van der Waals surface area (Å²) in [6.07, 6.45) is -2.93. The first-order chi connectivity index (χ1) is 14.3. The van der Waals surface area contributed by atoms with Gasteiger partial charge in [-0.25, -0.2) is 0 Å². The lowest BCUT2D eigenvalue weighted by molar-refractivity contribution is -0.143. The summed E-state index contributed by atoms with van der Waals surface area (Å²) in [6.45, 7) is 2.95. The molecule has 0 radical (unpaired) electrons. The lowest BCUT2D eigenvalue weighted by Crippen LogP contribution is -2.45. The zero-order valence-electron chi connectivity index (χ0n) is 17.9. The minimum absolute atomic E-state index is 0.0687. The number of nitrogens with zero attached hydrogens (tertiary/aromatic N) is 2. The van der Waals surface area contributed by atoms with Crippen molar-refractivity contribution in [3.63, 3.8) is 0 Å². The van der Waals surface area contributed by atoms with E-state index in [1.54, 1.807) is 21.3 Å². The minimum atomic E-state index is -4.17. The standard InChI is InChI=1S/C20H31F3N4O3/c1-5-24-19(26-15-9-11-27(12-15)13-20(21,22)23)25-10-8-14-6-7-16(28-2)18(30-4)17(14)29-3/h6-7,15H,5,8-13H2,1-4H3,(H2,24,25,26). The first-order valence-corrected chi connectivity index (χ1v) is 9.93. The second-order valence-electron chi connectivity index (χ2n) is 6.98. The van der Waals surface area contributed by atoms with Gasteiger partial charge in [-0.2, -0.15) is 13.2 Å². The highest BCUT2D eigenvalue weighted by atomic mass is 19.4. The molecule has 1 aliphatic heterocycles. The van der Waals surface area contributed by atoms with E-state index in [-0.39, 0.29) is 6.04 Å². The Morgan fingerprint density at radius 2 is 1.90 bits per heavy atom. The number of alkyl halides is 3. The molecule has 0 aliphatic carbocycles. The third kappa shape index (κ3) is 6.86. The minimum Gasteiger partial charge on any atom is -0.493 e. The van der Waals surface area contributed by atoms with Gasteiger partial charge < -0.3 is 24.8 Å². The fourth-order valence-electron chi connectivity index (χ4n) is 3.51. The Balaban J connectivity index is 1.99.